The Kier molecular flexibility index (Phi) is 3.93. The highest BCUT2D eigenvalue weighted by Gasteiger charge is 2.32. The maximum Gasteiger partial charge on any atom is 0.273 e. The molecule has 1 fully saturated rings. The maximum absolute atomic E-state index is 12.1. The summed E-state index contributed by atoms with van der Waals surface area (Å²) in [5.41, 5.74) is 2.10. The van der Waals surface area contributed by atoms with Crippen molar-refractivity contribution in [2.75, 3.05) is 33.7 Å². The first-order valence-corrected chi connectivity index (χ1v) is 6.67. The lowest BCUT2D eigenvalue weighted by atomic mass is 10.1. The van der Waals surface area contributed by atoms with E-state index >= 15 is 0 Å². The van der Waals surface area contributed by atoms with Gasteiger partial charge in [-0.1, -0.05) is 0 Å². The van der Waals surface area contributed by atoms with Crippen molar-refractivity contribution in [2.24, 2.45) is 0 Å². The van der Waals surface area contributed by atoms with Crippen LogP contribution in [-0.4, -0.2) is 66.4 Å². The van der Waals surface area contributed by atoms with E-state index < -0.39 is 0 Å². The third-order valence-electron chi connectivity index (χ3n) is 3.14. The normalized spacial score (nSPS) is 20.8. The van der Waals surface area contributed by atoms with Gasteiger partial charge < -0.3 is 10.2 Å². The molecule has 1 aliphatic heterocycles. The minimum Gasteiger partial charge on any atom is -0.358 e. The number of nitrogens with zero attached hydrogens (tertiary/aromatic N) is 3. The van der Waals surface area contributed by atoms with E-state index in [4.69, 9.17) is 0 Å². The number of rotatable bonds is 2. The molecule has 1 saturated heterocycles. The molecule has 1 N–H and O–H groups in total. The third kappa shape index (κ3) is 2.51. The molecule has 18 heavy (non-hydrogen) atoms. The summed E-state index contributed by atoms with van der Waals surface area (Å²) < 4.78 is 0. The number of thiazole rings is 1. The van der Waals surface area contributed by atoms with E-state index in [0.717, 1.165) is 0 Å². The molecule has 98 valence electrons. The Labute approximate surface area is 110 Å². The topological polar surface area (TPSA) is 65.5 Å². The Morgan fingerprint density at radius 3 is 2.89 bits per heavy atom. The zero-order valence-corrected chi connectivity index (χ0v) is 11.2. The van der Waals surface area contributed by atoms with Crippen LogP contribution in [0.2, 0.25) is 0 Å². The third-order valence-corrected chi connectivity index (χ3v) is 3.72. The molecule has 1 unspecified atom stereocenters. The average Bonchev–Trinajstić information content (AvgIpc) is 2.91. The van der Waals surface area contributed by atoms with Gasteiger partial charge in [0.1, 0.15) is 11.7 Å². The summed E-state index contributed by atoms with van der Waals surface area (Å²) in [4.78, 5) is 31.5. The van der Waals surface area contributed by atoms with Crippen molar-refractivity contribution >= 4 is 23.2 Å². The molecule has 0 saturated carbocycles. The van der Waals surface area contributed by atoms with E-state index in [9.17, 15) is 9.59 Å². The molecule has 2 heterocycles. The molecule has 7 heteroatoms. The van der Waals surface area contributed by atoms with E-state index in [1.54, 1.807) is 22.8 Å². The number of hydrogen-bond donors (Lipinski definition) is 1. The molecular weight excluding hydrogens is 252 g/mol. The highest BCUT2D eigenvalue weighted by molar-refractivity contribution is 7.07. The van der Waals surface area contributed by atoms with Crippen molar-refractivity contribution in [3.8, 4) is 0 Å². The van der Waals surface area contributed by atoms with Crippen LogP contribution in [0.3, 0.4) is 0 Å². The molecule has 0 radical (unpaired) electrons. The van der Waals surface area contributed by atoms with Gasteiger partial charge in [-0.25, -0.2) is 4.98 Å². The van der Waals surface area contributed by atoms with Gasteiger partial charge in [0.25, 0.3) is 5.91 Å². The molecular formula is C11H16N4O2S. The molecule has 0 aliphatic carbocycles. The molecule has 0 aromatic carbocycles. The average molecular weight is 268 g/mol. The molecule has 1 aliphatic rings. The lowest BCUT2D eigenvalue weighted by Crippen LogP contribution is -2.58. The number of aromatic nitrogens is 1. The van der Waals surface area contributed by atoms with Crippen LogP contribution in [0.25, 0.3) is 0 Å². The Balaban J connectivity index is 2.07. The monoisotopic (exact) mass is 268 g/mol. The number of nitrogens with one attached hydrogen (secondary N) is 1. The Bertz CT molecular complexity index is 434. The van der Waals surface area contributed by atoms with Crippen molar-refractivity contribution in [3.05, 3.63) is 16.6 Å². The second-order valence-electron chi connectivity index (χ2n) is 4.24. The van der Waals surface area contributed by atoms with Crippen LogP contribution in [-0.2, 0) is 4.79 Å². The van der Waals surface area contributed by atoms with Crippen molar-refractivity contribution < 1.29 is 9.59 Å². The Hall–Kier alpha value is -1.47. The van der Waals surface area contributed by atoms with Crippen LogP contribution >= 0.6 is 11.3 Å². The molecule has 1 atom stereocenters. The fourth-order valence-corrected chi connectivity index (χ4v) is 2.51. The SMILES string of the molecule is CNC(=O)C1CN(C(=O)c2cscn2)CCN1C. The summed E-state index contributed by atoms with van der Waals surface area (Å²) in [6.45, 7) is 1.72. The number of piperazine rings is 1. The number of carbonyl (C=O) groups is 2. The molecule has 6 nitrogen and oxygen atoms in total. The largest absolute Gasteiger partial charge is 0.358 e. The van der Waals surface area contributed by atoms with Gasteiger partial charge >= 0.3 is 0 Å². The molecule has 0 bridgehead atoms. The van der Waals surface area contributed by atoms with Crippen molar-refractivity contribution in [1.29, 1.82) is 0 Å². The second kappa shape index (κ2) is 5.45. The van der Waals surface area contributed by atoms with E-state index in [2.05, 4.69) is 10.3 Å². The number of carbonyl (C=O) groups excluding carboxylic acids is 2. The summed E-state index contributed by atoms with van der Waals surface area (Å²) in [5.74, 6) is -0.161. The zero-order valence-electron chi connectivity index (χ0n) is 10.4. The van der Waals surface area contributed by atoms with E-state index in [1.807, 2.05) is 11.9 Å². The van der Waals surface area contributed by atoms with Crippen LogP contribution in [0.15, 0.2) is 10.9 Å². The number of likely N-dealkylation sites (N-methyl/N-ethyl adjacent to an activating group) is 2. The Morgan fingerprint density at radius 1 is 1.50 bits per heavy atom. The number of hydrogen-bond acceptors (Lipinski definition) is 5. The van der Waals surface area contributed by atoms with E-state index in [1.165, 1.54) is 11.3 Å². The Morgan fingerprint density at radius 2 is 2.28 bits per heavy atom. The van der Waals surface area contributed by atoms with Crippen molar-refractivity contribution in [3.63, 3.8) is 0 Å². The lowest BCUT2D eigenvalue weighted by Gasteiger charge is -2.38. The van der Waals surface area contributed by atoms with Gasteiger partial charge in [0.2, 0.25) is 5.91 Å². The van der Waals surface area contributed by atoms with Crippen molar-refractivity contribution in [1.82, 2.24) is 20.1 Å². The first-order valence-electron chi connectivity index (χ1n) is 5.72. The number of amides is 2. The summed E-state index contributed by atoms with van der Waals surface area (Å²) in [6, 6.07) is -0.286. The minimum absolute atomic E-state index is 0.0618. The second-order valence-corrected chi connectivity index (χ2v) is 4.95. The standard InChI is InChI=1S/C11H16N4O2S/c1-12-10(16)9-5-15(4-3-14(9)2)11(17)8-6-18-7-13-8/h6-7,9H,3-5H2,1-2H3,(H,12,16). The minimum atomic E-state index is -0.286. The highest BCUT2D eigenvalue weighted by Crippen LogP contribution is 2.12. The predicted octanol–water partition coefficient (Wildman–Crippen LogP) is -0.355. The smallest absolute Gasteiger partial charge is 0.273 e. The van der Waals surface area contributed by atoms with Crippen LogP contribution in [0.5, 0.6) is 0 Å². The maximum atomic E-state index is 12.1. The fourth-order valence-electron chi connectivity index (χ4n) is 1.99. The summed E-state index contributed by atoms with van der Waals surface area (Å²) in [5, 5.41) is 4.36. The van der Waals surface area contributed by atoms with Crippen LogP contribution in [0.1, 0.15) is 10.5 Å². The molecule has 1 aromatic heterocycles. The summed E-state index contributed by atoms with van der Waals surface area (Å²) >= 11 is 1.40. The van der Waals surface area contributed by atoms with Gasteiger partial charge in [0.05, 0.1) is 5.51 Å². The fraction of sp³-hybridized carbons (Fsp3) is 0.545. The molecule has 2 rings (SSSR count). The van der Waals surface area contributed by atoms with Gasteiger partial charge in [0.15, 0.2) is 0 Å². The highest BCUT2D eigenvalue weighted by atomic mass is 32.1. The van der Waals surface area contributed by atoms with Crippen molar-refractivity contribution in [2.45, 2.75) is 6.04 Å². The molecule has 2 amide bonds. The van der Waals surface area contributed by atoms with Gasteiger partial charge in [-0.2, -0.15) is 0 Å². The van der Waals surface area contributed by atoms with E-state index in [-0.39, 0.29) is 17.9 Å². The van der Waals surface area contributed by atoms with Gasteiger partial charge in [-0.15, -0.1) is 11.3 Å². The summed E-state index contributed by atoms with van der Waals surface area (Å²) in [7, 11) is 3.50. The first-order chi connectivity index (χ1) is 8.63. The van der Waals surface area contributed by atoms with Crippen LogP contribution < -0.4 is 5.32 Å². The van der Waals surface area contributed by atoms with Gasteiger partial charge in [0, 0.05) is 32.1 Å². The quantitative estimate of drug-likeness (QED) is 0.796. The zero-order chi connectivity index (χ0) is 13.1. The first kappa shape index (κ1) is 13.0. The molecule has 1 aromatic rings. The van der Waals surface area contributed by atoms with Gasteiger partial charge in [-0.3, -0.25) is 14.5 Å². The lowest BCUT2D eigenvalue weighted by molar-refractivity contribution is -0.127. The summed E-state index contributed by atoms with van der Waals surface area (Å²) in [6.07, 6.45) is 0. The van der Waals surface area contributed by atoms with E-state index in [0.29, 0.717) is 25.3 Å². The van der Waals surface area contributed by atoms with Crippen LogP contribution in [0.4, 0.5) is 0 Å². The molecule has 0 spiro atoms. The van der Waals surface area contributed by atoms with Gasteiger partial charge in [-0.05, 0) is 7.05 Å². The van der Waals surface area contributed by atoms with Crippen LogP contribution in [0, 0.1) is 0 Å². The predicted molar refractivity (Wildman–Crippen MR) is 68.5 cm³/mol.